The van der Waals surface area contributed by atoms with Gasteiger partial charge in [-0.1, -0.05) is 5.92 Å². The lowest BCUT2D eigenvalue weighted by Gasteiger charge is -2.28. The number of nitrogens with two attached hydrogens (primary N) is 2. The maximum absolute atomic E-state index is 13.3. The molecule has 0 amide bonds. The Kier molecular flexibility index (Phi) is 8.64. The highest BCUT2D eigenvalue weighted by molar-refractivity contribution is 7.47. The van der Waals surface area contributed by atoms with Crippen LogP contribution in [0.2, 0.25) is 0 Å². The number of hydrogen-bond donors (Lipinski definition) is 8. The molecule has 6 unspecified atom stereocenters. The number of nitrogens with one attached hydrogen (secondary N) is 1. The van der Waals surface area contributed by atoms with Crippen LogP contribution in [0.15, 0.2) is 23.8 Å². The summed E-state index contributed by atoms with van der Waals surface area (Å²) in [6.45, 7) is -1.70. The summed E-state index contributed by atoms with van der Waals surface area (Å²) >= 11 is 0. The number of phosphoric ester groups is 1. The average Bonchev–Trinajstić information content (AvgIpc) is 3.77. The SMILES string of the molecule is C#C[C@]1(COP(=O)(O)OC2C(O)[C@@H](CO[PH](=O)O)O[C@H]2n2cnc3c(=O)[nH]c(N)nc32)O[C@@H](n2cnc3c(N)ncnc32)C(O)C1O. The fourth-order valence-electron chi connectivity index (χ4n) is 5.18. The van der Waals surface area contributed by atoms with Gasteiger partial charge in [-0.3, -0.25) is 32.5 Å². The number of H-pyrrole nitrogens is 1. The molecule has 23 nitrogen and oxygen atoms in total. The molecule has 10 atom stereocenters. The van der Waals surface area contributed by atoms with E-state index in [1.165, 1.54) is 10.9 Å². The minimum absolute atomic E-state index is 0.0253. The number of phosphoric acid groups is 1. The molecule has 2 fully saturated rings. The van der Waals surface area contributed by atoms with E-state index in [0.717, 1.165) is 17.2 Å². The van der Waals surface area contributed by atoms with Crippen LogP contribution in [-0.4, -0.2) is 113 Å². The number of nitrogen functional groups attached to an aromatic ring is 2. The summed E-state index contributed by atoms with van der Waals surface area (Å²) in [7, 11) is -8.78. The molecule has 0 radical (unpaired) electrons. The first-order valence-corrected chi connectivity index (χ1v) is 16.0. The van der Waals surface area contributed by atoms with Gasteiger partial charge in [-0.15, -0.1) is 6.42 Å². The van der Waals surface area contributed by atoms with Crippen LogP contribution in [0.25, 0.3) is 22.3 Å². The molecular formula is C22H26N10O13P2. The van der Waals surface area contributed by atoms with Crippen molar-refractivity contribution in [2.24, 2.45) is 0 Å². The monoisotopic (exact) mass is 700 g/mol. The first-order valence-electron chi connectivity index (χ1n) is 13.3. The van der Waals surface area contributed by atoms with Crippen molar-refractivity contribution in [2.45, 2.75) is 48.6 Å². The molecule has 4 aromatic rings. The third-order valence-corrected chi connectivity index (χ3v) is 8.81. The van der Waals surface area contributed by atoms with Crippen molar-refractivity contribution in [1.82, 2.24) is 39.0 Å². The van der Waals surface area contributed by atoms with Crippen molar-refractivity contribution in [3.63, 3.8) is 0 Å². The van der Waals surface area contributed by atoms with Gasteiger partial charge in [0.2, 0.25) is 5.95 Å². The van der Waals surface area contributed by atoms with E-state index < -0.39 is 83.4 Å². The molecule has 0 aromatic carbocycles. The van der Waals surface area contributed by atoms with E-state index >= 15 is 0 Å². The van der Waals surface area contributed by atoms with Crippen LogP contribution in [0.3, 0.4) is 0 Å². The fraction of sp³-hybridized carbons (Fsp3) is 0.455. The van der Waals surface area contributed by atoms with E-state index in [0.29, 0.717) is 0 Å². The smallest absolute Gasteiger partial charge is 0.387 e. The quantitative estimate of drug-likeness (QED) is 0.0600. The van der Waals surface area contributed by atoms with Gasteiger partial charge in [-0.2, -0.15) is 4.98 Å². The minimum atomic E-state index is -5.30. The van der Waals surface area contributed by atoms with Crippen molar-refractivity contribution < 1.29 is 57.3 Å². The summed E-state index contributed by atoms with van der Waals surface area (Å²) in [6, 6.07) is 0. The number of aliphatic hydroxyl groups is 3. The van der Waals surface area contributed by atoms with Crippen molar-refractivity contribution in [3.8, 4) is 12.3 Å². The Hall–Kier alpha value is -3.88. The van der Waals surface area contributed by atoms with E-state index in [2.05, 4.69) is 40.3 Å². The lowest BCUT2D eigenvalue weighted by atomic mass is 9.97. The highest BCUT2D eigenvalue weighted by atomic mass is 31.2. The second-order valence-corrected chi connectivity index (χ2v) is 12.5. The molecule has 4 aromatic heterocycles. The van der Waals surface area contributed by atoms with E-state index in [1.807, 2.05) is 0 Å². The molecule has 0 spiro atoms. The number of rotatable bonds is 10. The summed E-state index contributed by atoms with van der Waals surface area (Å²) in [5.74, 6) is 1.85. The van der Waals surface area contributed by atoms with Crippen molar-refractivity contribution >= 4 is 50.2 Å². The molecule has 2 aliphatic rings. The molecule has 0 aliphatic carbocycles. The molecule has 47 heavy (non-hydrogen) atoms. The number of terminal acetylenes is 1. The summed E-state index contributed by atoms with van der Waals surface area (Å²) < 4.78 is 53.3. The fourth-order valence-corrected chi connectivity index (χ4v) is 6.44. The van der Waals surface area contributed by atoms with Crippen LogP contribution in [0, 0.1) is 12.3 Å². The molecule has 2 saturated heterocycles. The van der Waals surface area contributed by atoms with Gasteiger partial charge in [0.15, 0.2) is 40.7 Å². The zero-order valence-corrected chi connectivity index (χ0v) is 25.4. The van der Waals surface area contributed by atoms with Gasteiger partial charge in [0.05, 0.1) is 19.3 Å². The third kappa shape index (κ3) is 5.91. The molecule has 0 saturated carbocycles. The summed E-state index contributed by atoms with van der Waals surface area (Å²) in [6.07, 6.45) is -2.60. The lowest BCUT2D eigenvalue weighted by molar-refractivity contribution is -0.0943. The van der Waals surface area contributed by atoms with Crippen LogP contribution < -0.4 is 17.0 Å². The predicted octanol–water partition coefficient (Wildman–Crippen LogP) is -3.09. The third-order valence-electron chi connectivity index (χ3n) is 7.44. The Morgan fingerprint density at radius 2 is 1.81 bits per heavy atom. The van der Waals surface area contributed by atoms with E-state index in [-0.39, 0.29) is 34.1 Å². The standard InChI is InChI=1S/C22H26N10O13P2/c1-2-22(14(35)12(34)19(44-22)31-6-27-9-15(23)25-5-26-16(9)31)4-42-47(39,40)45-13-11(33)8(3-41-46(37)38)43-20(13)32-7-28-10-17(32)29-21(24)30-18(10)36/h1,5-8,11-14,19-20,33-35,46H,3-4H2,(H,37,38)(H,39,40)(H2,23,25,26)(H3,24,29,30,36)/t8-,11?,12?,13?,14?,19-,20-,22-/m1/s1. The Morgan fingerprint density at radius 1 is 1.11 bits per heavy atom. The molecule has 25 heteroatoms. The van der Waals surface area contributed by atoms with Gasteiger partial charge in [0.1, 0.15) is 49.0 Å². The lowest BCUT2D eigenvalue weighted by Crippen LogP contribution is -2.45. The number of nitrogens with zero attached hydrogens (tertiary/aromatic N) is 7. The highest BCUT2D eigenvalue weighted by Crippen LogP contribution is 2.51. The van der Waals surface area contributed by atoms with Crippen molar-refractivity contribution in [2.75, 3.05) is 24.7 Å². The van der Waals surface area contributed by atoms with Gasteiger partial charge >= 0.3 is 16.1 Å². The first kappa shape index (κ1) is 33.0. The molecular weight excluding hydrogens is 674 g/mol. The van der Waals surface area contributed by atoms with Crippen molar-refractivity contribution in [3.05, 3.63) is 29.3 Å². The number of hydrogen-bond acceptors (Lipinski definition) is 18. The van der Waals surface area contributed by atoms with Crippen LogP contribution >= 0.6 is 16.1 Å². The number of ether oxygens (including phenoxy) is 2. The second-order valence-electron chi connectivity index (χ2n) is 10.3. The Morgan fingerprint density at radius 3 is 2.51 bits per heavy atom. The number of aromatic nitrogens is 8. The van der Waals surface area contributed by atoms with E-state index in [1.54, 1.807) is 0 Å². The van der Waals surface area contributed by atoms with Crippen LogP contribution in [0.5, 0.6) is 0 Å². The number of aromatic amines is 1. The predicted molar refractivity (Wildman–Crippen MR) is 154 cm³/mol. The number of imidazole rings is 2. The summed E-state index contributed by atoms with van der Waals surface area (Å²) in [5.41, 5.74) is 8.39. The van der Waals surface area contributed by atoms with E-state index in [4.69, 9.17) is 41.3 Å². The maximum atomic E-state index is 13.3. The number of anilines is 2. The Bertz CT molecular complexity index is 2000. The number of fused-ring (bicyclic) bond motifs is 2. The minimum Gasteiger partial charge on any atom is -0.387 e. The number of aliphatic hydroxyl groups excluding tert-OH is 3. The largest absolute Gasteiger partial charge is 0.472 e. The molecule has 2 aliphatic heterocycles. The summed E-state index contributed by atoms with van der Waals surface area (Å²) in [5, 5.41) is 32.7. The molecule has 10 N–H and O–H groups in total. The molecule has 252 valence electrons. The average molecular weight is 700 g/mol. The van der Waals surface area contributed by atoms with Gasteiger partial charge in [0, 0.05) is 0 Å². The second kappa shape index (κ2) is 12.3. The Labute approximate surface area is 261 Å². The van der Waals surface area contributed by atoms with E-state index in [9.17, 15) is 34.1 Å². The maximum Gasteiger partial charge on any atom is 0.472 e. The van der Waals surface area contributed by atoms with Gasteiger partial charge < -0.3 is 50.6 Å². The van der Waals surface area contributed by atoms with Crippen LogP contribution in [0.4, 0.5) is 11.8 Å². The van der Waals surface area contributed by atoms with Crippen LogP contribution in [-0.2, 0) is 32.2 Å². The zero-order valence-electron chi connectivity index (χ0n) is 23.5. The topological polar surface area (TPSA) is 341 Å². The molecule has 0 bridgehead atoms. The summed E-state index contributed by atoms with van der Waals surface area (Å²) in [4.78, 5) is 54.3. The van der Waals surface area contributed by atoms with Gasteiger partial charge in [-0.25, -0.2) is 24.5 Å². The Balaban J connectivity index is 1.25. The van der Waals surface area contributed by atoms with Crippen LogP contribution in [0.1, 0.15) is 12.5 Å². The highest BCUT2D eigenvalue weighted by Gasteiger charge is 2.56. The molecule has 6 heterocycles. The zero-order chi connectivity index (χ0) is 33.8. The van der Waals surface area contributed by atoms with Gasteiger partial charge in [-0.05, 0) is 0 Å². The van der Waals surface area contributed by atoms with Gasteiger partial charge in [0.25, 0.3) is 5.56 Å². The normalized spacial score (nSPS) is 31.3. The van der Waals surface area contributed by atoms with Crippen molar-refractivity contribution in [1.29, 1.82) is 0 Å². The first-order chi connectivity index (χ1) is 22.2. The molecule has 6 rings (SSSR count).